The Morgan fingerprint density at radius 3 is 2.83 bits per heavy atom. The lowest BCUT2D eigenvalue weighted by Crippen LogP contribution is -2.36. The molecule has 0 aliphatic carbocycles. The minimum atomic E-state index is -0.561. The highest BCUT2D eigenvalue weighted by Crippen LogP contribution is 2.08. The zero-order chi connectivity index (χ0) is 12.8. The largest absolute Gasteiger partial charge is 0.320 e. The van der Waals surface area contributed by atoms with Gasteiger partial charge in [-0.25, -0.2) is 0 Å². The van der Waals surface area contributed by atoms with Crippen molar-refractivity contribution in [2.45, 2.75) is 18.9 Å². The van der Waals surface area contributed by atoms with Crippen molar-refractivity contribution in [1.29, 1.82) is 0 Å². The Labute approximate surface area is 108 Å². The second kappa shape index (κ2) is 6.18. The number of aryl methyl sites for hydroxylation is 1. The van der Waals surface area contributed by atoms with Crippen LogP contribution in [0.2, 0.25) is 0 Å². The van der Waals surface area contributed by atoms with E-state index in [1.807, 2.05) is 30.3 Å². The van der Waals surface area contributed by atoms with Crippen LogP contribution >= 0.6 is 11.5 Å². The molecule has 18 heavy (non-hydrogen) atoms. The van der Waals surface area contributed by atoms with E-state index in [0.29, 0.717) is 11.6 Å². The molecule has 0 aliphatic rings. The molecular weight excluding hydrogens is 250 g/mol. The number of amides is 1. The first-order chi connectivity index (χ1) is 8.75. The molecule has 7 heteroatoms. The zero-order valence-electron chi connectivity index (χ0n) is 9.61. The van der Waals surface area contributed by atoms with Gasteiger partial charge in [-0.3, -0.25) is 10.1 Å². The summed E-state index contributed by atoms with van der Waals surface area (Å²) < 4.78 is 3.55. The maximum Gasteiger partial charge on any atom is 0.243 e. The lowest BCUT2D eigenvalue weighted by Gasteiger charge is -2.10. The first-order valence-electron chi connectivity index (χ1n) is 5.51. The van der Waals surface area contributed by atoms with Crippen molar-refractivity contribution in [2.24, 2.45) is 5.73 Å². The number of nitrogens with two attached hydrogens (primary N) is 1. The fourth-order valence-corrected chi connectivity index (χ4v) is 1.85. The van der Waals surface area contributed by atoms with Crippen LogP contribution in [-0.4, -0.2) is 26.7 Å². The van der Waals surface area contributed by atoms with Gasteiger partial charge in [0.2, 0.25) is 11.0 Å². The molecule has 6 nitrogen and oxygen atoms in total. The predicted molar refractivity (Wildman–Crippen MR) is 69.1 cm³/mol. The minimum Gasteiger partial charge on any atom is -0.320 e. The molecular formula is C11H13N5OS. The standard InChI is InChI=1S/C11H13N5OS/c12-9(7-6-8-4-2-1-3-5-8)10(17)13-11-14-15-16-18-11/h1-5,9H,6-7,12H2,(H,13,14,16,17). The number of rotatable bonds is 5. The molecule has 0 bridgehead atoms. The van der Waals surface area contributed by atoms with Gasteiger partial charge >= 0.3 is 0 Å². The predicted octanol–water partition coefficient (Wildman–Crippen LogP) is 0.832. The molecule has 0 fully saturated rings. The van der Waals surface area contributed by atoms with Crippen LogP contribution in [0.3, 0.4) is 0 Å². The first kappa shape index (κ1) is 12.6. The molecule has 94 valence electrons. The summed E-state index contributed by atoms with van der Waals surface area (Å²) in [6.07, 6.45) is 1.35. The van der Waals surface area contributed by atoms with Crippen LogP contribution in [0.1, 0.15) is 12.0 Å². The average molecular weight is 263 g/mol. The number of nitrogens with one attached hydrogen (secondary N) is 1. The van der Waals surface area contributed by atoms with Gasteiger partial charge in [-0.2, -0.15) is 0 Å². The molecule has 1 aromatic heterocycles. The Morgan fingerprint density at radius 1 is 1.39 bits per heavy atom. The van der Waals surface area contributed by atoms with Crippen molar-refractivity contribution in [1.82, 2.24) is 14.8 Å². The number of aromatic nitrogens is 3. The van der Waals surface area contributed by atoms with Gasteiger partial charge < -0.3 is 5.73 Å². The quantitative estimate of drug-likeness (QED) is 0.833. The average Bonchev–Trinajstić information content (AvgIpc) is 2.90. The molecule has 0 aliphatic heterocycles. The third kappa shape index (κ3) is 3.57. The highest BCUT2D eigenvalue weighted by atomic mass is 32.1. The minimum absolute atomic E-state index is 0.260. The summed E-state index contributed by atoms with van der Waals surface area (Å²) in [5, 5.41) is 9.96. The molecule has 2 rings (SSSR count). The van der Waals surface area contributed by atoms with E-state index in [9.17, 15) is 4.79 Å². The van der Waals surface area contributed by atoms with E-state index >= 15 is 0 Å². The second-order valence-electron chi connectivity index (χ2n) is 3.79. The third-order valence-corrected chi connectivity index (χ3v) is 2.96. The molecule has 1 heterocycles. The van der Waals surface area contributed by atoms with Crippen LogP contribution in [0, 0.1) is 0 Å². The number of carbonyl (C=O) groups is 1. The SMILES string of the molecule is NC(CCc1ccccc1)C(=O)Nc1nnns1. The van der Waals surface area contributed by atoms with Crippen LogP contribution in [0.4, 0.5) is 5.13 Å². The summed E-state index contributed by atoms with van der Waals surface area (Å²) in [7, 11) is 0. The smallest absolute Gasteiger partial charge is 0.243 e. The summed E-state index contributed by atoms with van der Waals surface area (Å²) >= 11 is 1.02. The van der Waals surface area contributed by atoms with Gasteiger partial charge in [-0.1, -0.05) is 39.9 Å². The van der Waals surface area contributed by atoms with E-state index in [4.69, 9.17) is 5.73 Å². The van der Waals surface area contributed by atoms with Gasteiger partial charge in [0.05, 0.1) is 6.04 Å². The molecule has 1 aromatic carbocycles. The molecule has 2 aromatic rings. The number of anilines is 1. The topological polar surface area (TPSA) is 93.8 Å². The van der Waals surface area contributed by atoms with Gasteiger partial charge in [0.1, 0.15) is 0 Å². The third-order valence-electron chi connectivity index (χ3n) is 2.45. The number of benzene rings is 1. The van der Waals surface area contributed by atoms with Crippen LogP contribution in [-0.2, 0) is 11.2 Å². The maximum atomic E-state index is 11.7. The van der Waals surface area contributed by atoms with Gasteiger partial charge in [-0.05, 0) is 23.6 Å². The molecule has 0 saturated carbocycles. The summed E-state index contributed by atoms with van der Waals surface area (Å²) in [6, 6.07) is 9.35. The van der Waals surface area contributed by atoms with Crippen LogP contribution in [0.25, 0.3) is 0 Å². The van der Waals surface area contributed by atoms with Crippen molar-refractivity contribution in [2.75, 3.05) is 5.32 Å². The summed E-state index contributed by atoms with van der Waals surface area (Å²) in [5.41, 5.74) is 6.97. The Bertz CT molecular complexity index is 487. The summed E-state index contributed by atoms with van der Waals surface area (Å²) in [5.74, 6) is -0.260. The molecule has 1 atom stereocenters. The van der Waals surface area contributed by atoms with E-state index in [2.05, 4.69) is 20.1 Å². The van der Waals surface area contributed by atoms with E-state index in [0.717, 1.165) is 18.0 Å². The molecule has 1 amide bonds. The summed E-state index contributed by atoms with van der Waals surface area (Å²) in [4.78, 5) is 11.7. The van der Waals surface area contributed by atoms with Crippen molar-refractivity contribution < 1.29 is 4.79 Å². The lowest BCUT2D eigenvalue weighted by molar-refractivity contribution is -0.117. The maximum absolute atomic E-state index is 11.7. The van der Waals surface area contributed by atoms with Crippen molar-refractivity contribution in [3.05, 3.63) is 35.9 Å². The van der Waals surface area contributed by atoms with E-state index < -0.39 is 6.04 Å². The molecule has 3 N–H and O–H groups in total. The van der Waals surface area contributed by atoms with E-state index in [1.54, 1.807) is 0 Å². The van der Waals surface area contributed by atoms with Crippen LogP contribution in [0.5, 0.6) is 0 Å². The van der Waals surface area contributed by atoms with Gasteiger partial charge in [0.25, 0.3) is 0 Å². The molecule has 0 saturated heterocycles. The fourth-order valence-electron chi connectivity index (χ4n) is 1.48. The Hall–Kier alpha value is -1.86. The number of carbonyl (C=O) groups excluding carboxylic acids is 1. The van der Waals surface area contributed by atoms with Crippen molar-refractivity contribution in [3.8, 4) is 0 Å². The van der Waals surface area contributed by atoms with Gasteiger partial charge in [0.15, 0.2) is 0 Å². The fraction of sp³-hybridized carbons (Fsp3) is 0.273. The second-order valence-corrected chi connectivity index (χ2v) is 4.52. The number of hydrogen-bond donors (Lipinski definition) is 2. The molecule has 0 radical (unpaired) electrons. The number of nitrogens with zero attached hydrogens (tertiary/aromatic N) is 3. The lowest BCUT2D eigenvalue weighted by atomic mass is 10.1. The van der Waals surface area contributed by atoms with E-state index in [1.165, 1.54) is 5.56 Å². The molecule has 0 spiro atoms. The van der Waals surface area contributed by atoms with Crippen LogP contribution < -0.4 is 11.1 Å². The zero-order valence-corrected chi connectivity index (χ0v) is 10.4. The van der Waals surface area contributed by atoms with Gasteiger partial charge in [-0.15, -0.1) is 0 Å². The Kier molecular flexibility index (Phi) is 4.32. The first-order valence-corrected chi connectivity index (χ1v) is 6.28. The number of hydrogen-bond acceptors (Lipinski definition) is 6. The highest BCUT2D eigenvalue weighted by molar-refractivity contribution is 7.09. The van der Waals surface area contributed by atoms with E-state index in [-0.39, 0.29) is 5.91 Å². The van der Waals surface area contributed by atoms with Crippen molar-refractivity contribution in [3.63, 3.8) is 0 Å². The van der Waals surface area contributed by atoms with Crippen molar-refractivity contribution >= 4 is 22.6 Å². The monoisotopic (exact) mass is 263 g/mol. The Balaban J connectivity index is 1.81. The molecule has 1 unspecified atom stereocenters. The summed E-state index contributed by atoms with van der Waals surface area (Å²) in [6.45, 7) is 0. The van der Waals surface area contributed by atoms with Crippen LogP contribution in [0.15, 0.2) is 30.3 Å². The normalized spacial score (nSPS) is 12.1. The Morgan fingerprint density at radius 2 is 2.17 bits per heavy atom. The highest BCUT2D eigenvalue weighted by Gasteiger charge is 2.14. The van der Waals surface area contributed by atoms with Gasteiger partial charge in [0, 0.05) is 11.5 Å².